The van der Waals surface area contributed by atoms with E-state index < -0.39 is 6.04 Å². The molecule has 3 aromatic carbocycles. The Morgan fingerprint density at radius 3 is 2.18 bits per heavy atom. The van der Waals surface area contributed by atoms with Crippen molar-refractivity contribution in [3.63, 3.8) is 0 Å². The van der Waals surface area contributed by atoms with Crippen molar-refractivity contribution in [3.8, 4) is 23.0 Å². The second kappa shape index (κ2) is 10.1. The van der Waals surface area contributed by atoms with Crippen LogP contribution in [0.15, 0.2) is 54.6 Å². The molecular weight excluding hydrogens is 456 g/mol. The monoisotopic (exact) mass is 482 g/mol. The molecule has 0 spiro atoms. The van der Waals surface area contributed by atoms with E-state index in [2.05, 4.69) is 5.32 Å². The highest BCUT2D eigenvalue weighted by atomic mass is 35.5. The molecule has 0 saturated heterocycles. The first kappa shape index (κ1) is 23.6. The molecule has 0 radical (unpaired) electrons. The van der Waals surface area contributed by atoms with Gasteiger partial charge >= 0.3 is 6.03 Å². The third kappa shape index (κ3) is 4.43. The maximum Gasteiger partial charge on any atom is 0.322 e. The van der Waals surface area contributed by atoms with Gasteiger partial charge in [0.1, 0.15) is 0 Å². The first-order valence-corrected chi connectivity index (χ1v) is 11.2. The third-order valence-corrected chi connectivity index (χ3v) is 6.31. The summed E-state index contributed by atoms with van der Waals surface area (Å²) in [5.41, 5.74) is 3.45. The molecule has 4 rings (SSSR count). The Hall–Kier alpha value is -3.58. The highest BCUT2D eigenvalue weighted by Gasteiger charge is 2.34. The number of nitrogens with zero attached hydrogens (tertiary/aromatic N) is 1. The molecule has 0 bridgehead atoms. The Morgan fingerprint density at radius 2 is 1.50 bits per heavy atom. The predicted molar refractivity (Wildman–Crippen MR) is 132 cm³/mol. The Kier molecular flexibility index (Phi) is 7.03. The van der Waals surface area contributed by atoms with Crippen molar-refractivity contribution in [1.82, 2.24) is 4.90 Å². The van der Waals surface area contributed by atoms with Gasteiger partial charge in [-0.05, 0) is 53.4 Å². The van der Waals surface area contributed by atoms with E-state index in [-0.39, 0.29) is 6.03 Å². The van der Waals surface area contributed by atoms with Gasteiger partial charge in [0.05, 0.1) is 34.5 Å². The molecule has 0 unspecified atom stereocenters. The molecule has 1 atom stereocenters. The summed E-state index contributed by atoms with van der Waals surface area (Å²) in [6.45, 7) is 0.498. The topological polar surface area (TPSA) is 69.3 Å². The zero-order valence-corrected chi connectivity index (χ0v) is 20.3. The number of hydrogen-bond acceptors (Lipinski definition) is 5. The fourth-order valence-corrected chi connectivity index (χ4v) is 4.55. The number of urea groups is 1. The molecule has 8 heteroatoms. The number of nitrogens with one attached hydrogen (secondary N) is 1. The number of amides is 2. The smallest absolute Gasteiger partial charge is 0.322 e. The van der Waals surface area contributed by atoms with E-state index in [9.17, 15) is 4.79 Å². The van der Waals surface area contributed by atoms with Crippen LogP contribution in [-0.4, -0.2) is 45.9 Å². The van der Waals surface area contributed by atoms with E-state index in [0.717, 1.165) is 16.7 Å². The van der Waals surface area contributed by atoms with Crippen LogP contribution in [0.25, 0.3) is 0 Å². The lowest BCUT2D eigenvalue weighted by molar-refractivity contribution is 0.193. The van der Waals surface area contributed by atoms with E-state index >= 15 is 0 Å². The van der Waals surface area contributed by atoms with Crippen LogP contribution < -0.4 is 24.3 Å². The van der Waals surface area contributed by atoms with E-state index in [4.69, 9.17) is 30.5 Å². The van der Waals surface area contributed by atoms with Crippen molar-refractivity contribution in [2.75, 3.05) is 40.3 Å². The van der Waals surface area contributed by atoms with Gasteiger partial charge < -0.3 is 29.2 Å². The van der Waals surface area contributed by atoms with Gasteiger partial charge in [-0.1, -0.05) is 29.8 Å². The minimum absolute atomic E-state index is 0.252. The van der Waals surface area contributed by atoms with Crippen LogP contribution in [0.2, 0.25) is 5.02 Å². The van der Waals surface area contributed by atoms with Crippen molar-refractivity contribution in [2.45, 2.75) is 12.5 Å². The van der Waals surface area contributed by atoms with Crippen LogP contribution in [0.1, 0.15) is 22.7 Å². The van der Waals surface area contributed by atoms with Crippen LogP contribution >= 0.6 is 11.6 Å². The van der Waals surface area contributed by atoms with Gasteiger partial charge in [-0.25, -0.2) is 4.79 Å². The van der Waals surface area contributed by atoms with Crippen molar-refractivity contribution < 1.29 is 23.7 Å². The first-order chi connectivity index (χ1) is 16.5. The number of benzene rings is 3. The fourth-order valence-electron chi connectivity index (χ4n) is 4.31. The summed E-state index contributed by atoms with van der Waals surface area (Å²) in [7, 11) is 6.33. The summed E-state index contributed by atoms with van der Waals surface area (Å²) in [6.07, 6.45) is 0.663. The van der Waals surface area contributed by atoms with Crippen LogP contribution in [0.5, 0.6) is 23.0 Å². The highest BCUT2D eigenvalue weighted by molar-refractivity contribution is 6.31. The predicted octanol–water partition coefficient (Wildman–Crippen LogP) is 5.55. The largest absolute Gasteiger partial charge is 0.493 e. The zero-order chi connectivity index (χ0) is 24.2. The minimum atomic E-state index is -0.405. The van der Waals surface area contributed by atoms with Crippen molar-refractivity contribution >= 4 is 23.3 Å². The Labute approximate surface area is 204 Å². The maximum absolute atomic E-state index is 13.5. The molecule has 3 aromatic rings. The van der Waals surface area contributed by atoms with Gasteiger partial charge in [-0.2, -0.15) is 0 Å². The van der Waals surface area contributed by atoms with Crippen LogP contribution in [0.4, 0.5) is 10.5 Å². The number of fused-ring (bicyclic) bond motifs is 1. The molecule has 7 nitrogen and oxygen atoms in total. The number of hydrogen-bond donors (Lipinski definition) is 1. The number of anilines is 1. The van der Waals surface area contributed by atoms with Crippen molar-refractivity contribution in [2.24, 2.45) is 0 Å². The van der Waals surface area contributed by atoms with Gasteiger partial charge in [0.15, 0.2) is 23.0 Å². The maximum atomic E-state index is 13.5. The normalized spacial score (nSPS) is 14.7. The lowest BCUT2D eigenvalue weighted by Gasteiger charge is -2.38. The van der Waals surface area contributed by atoms with Gasteiger partial charge in [0.2, 0.25) is 0 Å². The van der Waals surface area contributed by atoms with Crippen LogP contribution in [-0.2, 0) is 6.42 Å². The van der Waals surface area contributed by atoms with E-state index in [0.29, 0.717) is 46.7 Å². The number of carbonyl (C=O) groups is 1. The quantitative estimate of drug-likeness (QED) is 0.498. The summed E-state index contributed by atoms with van der Waals surface area (Å²) in [5.74, 6) is 2.37. The average molecular weight is 483 g/mol. The molecule has 1 heterocycles. The molecule has 0 aromatic heterocycles. The number of ether oxygens (including phenoxy) is 4. The fraction of sp³-hybridized carbons (Fsp3) is 0.269. The standard InChI is InChI=1S/C26H27ClN2O5/c1-31-21-10-9-17(14-23(21)33-3)28-26(30)29-12-11-16-13-22(32-2)24(34-4)15-19(16)25(29)18-7-5-6-8-20(18)27/h5-10,13-15,25H,11-12H2,1-4H3,(H,28,30)/t25-/m0/s1. The van der Waals surface area contributed by atoms with Crippen LogP contribution in [0.3, 0.4) is 0 Å². The molecule has 0 saturated carbocycles. The molecule has 0 aliphatic carbocycles. The number of carbonyl (C=O) groups excluding carboxylic acids is 1. The van der Waals surface area contributed by atoms with Gasteiger partial charge in [0.25, 0.3) is 0 Å². The minimum Gasteiger partial charge on any atom is -0.493 e. The van der Waals surface area contributed by atoms with Crippen LogP contribution in [0, 0.1) is 0 Å². The lowest BCUT2D eigenvalue weighted by atomic mass is 9.87. The molecule has 0 fully saturated rings. The molecule has 1 aliphatic rings. The second-order valence-electron chi connectivity index (χ2n) is 7.77. The third-order valence-electron chi connectivity index (χ3n) is 5.97. The Bertz CT molecular complexity index is 1200. The summed E-state index contributed by atoms with van der Waals surface area (Å²) in [6, 6.07) is 16.1. The molecular formula is C26H27ClN2O5. The van der Waals surface area contributed by atoms with Gasteiger partial charge in [-0.3, -0.25) is 0 Å². The summed E-state index contributed by atoms with van der Waals surface area (Å²) < 4.78 is 21.7. The lowest BCUT2D eigenvalue weighted by Crippen LogP contribution is -2.43. The second-order valence-corrected chi connectivity index (χ2v) is 8.18. The SMILES string of the molecule is COc1ccc(NC(=O)N2CCc3cc(OC)c(OC)cc3[C@@H]2c2ccccc2Cl)cc1OC. The van der Waals surface area contributed by atoms with E-state index in [1.807, 2.05) is 36.4 Å². The van der Waals surface area contributed by atoms with Gasteiger partial charge in [0, 0.05) is 23.3 Å². The molecule has 34 heavy (non-hydrogen) atoms. The molecule has 1 aliphatic heterocycles. The van der Waals surface area contributed by atoms with E-state index in [1.165, 1.54) is 0 Å². The van der Waals surface area contributed by atoms with Gasteiger partial charge in [-0.15, -0.1) is 0 Å². The summed E-state index contributed by atoms with van der Waals surface area (Å²) in [4.78, 5) is 15.3. The number of halogens is 1. The number of methoxy groups -OCH3 is 4. The molecule has 178 valence electrons. The highest BCUT2D eigenvalue weighted by Crippen LogP contribution is 2.43. The van der Waals surface area contributed by atoms with Crippen molar-refractivity contribution in [1.29, 1.82) is 0 Å². The Morgan fingerprint density at radius 1 is 0.853 bits per heavy atom. The molecule has 2 amide bonds. The summed E-state index contributed by atoms with van der Waals surface area (Å²) >= 11 is 6.61. The van der Waals surface area contributed by atoms with E-state index in [1.54, 1.807) is 51.5 Å². The number of rotatable bonds is 6. The first-order valence-electron chi connectivity index (χ1n) is 10.8. The zero-order valence-electron chi connectivity index (χ0n) is 19.6. The Balaban J connectivity index is 1.75. The molecule has 1 N–H and O–H groups in total. The average Bonchev–Trinajstić information content (AvgIpc) is 2.87. The summed E-state index contributed by atoms with van der Waals surface area (Å²) in [5, 5.41) is 3.57. The van der Waals surface area contributed by atoms with Crippen molar-refractivity contribution in [3.05, 3.63) is 76.3 Å².